The van der Waals surface area contributed by atoms with Crippen molar-refractivity contribution in [3.63, 3.8) is 0 Å². The lowest BCUT2D eigenvalue weighted by Gasteiger charge is -2.24. The number of piperidine rings is 1. The highest BCUT2D eigenvalue weighted by molar-refractivity contribution is 5.88. The van der Waals surface area contributed by atoms with Gasteiger partial charge in [0, 0.05) is 11.6 Å². The van der Waals surface area contributed by atoms with Crippen molar-refractivity contribution in [1.29, 1.82) is 0 Å². The van der Waals surface area contributed by atoms with Crippen LogP contribution in [0, 0.1) is 23.3 Å². The number of hydrogen-bond donors (Lipinski definition) is 2. The molecule has 1 aliphatic heterocycles. The summed E-state index contributed by atoms with van der Waals surface area (Å²) in [5.41, 5.74) is -2.34. The molecule has 1 heterocycles. The standard InChI is InChI=1S/C13H13F4NO2/c14-9-7(5-6-3-1-2-4-18-6)10(15)12(17)8(11(9)16)13(19)20/h6,18H,1-5H2,(H,19,20). The van der Waals surface area contributed by atoms with E-state index in [0.717, 1.165) is 12.8 Å². The first-order chi connectivity index (χ1) is 9.43. The van der Waals surface area contributed by atoms with Gasteiger partial charge in [0.2, 0.25) is 0 Å². The van der Waals surface area contributed by atoms with Crippen LogP contribution in [0.1, 0.15) is 35.2 Å². The third-order valence-electron chi connectivity index (χ3n) is 3.43. The molecule has 1 saturated heterocycles. The van der Waals surface area contributed by atoms with E-state index < -0.39 is 40.4 Å². The quantitative estimate of drug-likeness (QED) is 0.665. The van der Waals surface area contributed by atoms with E-state index in [0.29, 0.717) is 13.0 Å². The molecular formula is C13H13F4NO2. The molecule has 0 bridgehead atoms. The molecule has 3 nitrogen and oxygen atoms in total. The summed E-state index contributed by atoms with van der Waals surface area (Å²) in [6.45, 7) is 0.673. The van der Waals surface area contributed by atoms with Crippen molar-refractivity contribution in [2.24, 2.45) is 0 Å². The number of hydrogen-bond acceptors (Lipinski definition) is 2. The third-order valence-corrected chi connectivity index (χ3v) is 3.43. The minimum Gasteiger partial charge on any atom is -0.477 e. The SMILES string of the molecule is O=C(O)c1c(F)c(F)c(CC2CCCCN2)c(F)c1F. The minimum absolute atomic E-state index is 0.217. The van der Waals surface area contributed by atoms with Gasteiger partial charge in [-0.3, -0.25) is 0 Å². The Morgan fingerprint density at radius 3 is 2.15 bits per heavy atom. The Morgan fingerprint density at radius 2 is 1.70 bits per heavy atom. The molecule has 0 radical (unpaired) electrons. The van der Waals surface area contributed by atoms with Gasteiger partial charge in [0.25, 0.3) is 0 Å². The monoisotopic (exact) mass is 291 g/mol. The van der Waals surface area contributed by atoms with Crippen molar-refractivity contribution in [2.75, 3.05) is 6.54 Å². The van der Waals surface area contributed by atoms with Crippen molar-refractivity contribution < 1.29 is 27.5 Å². The molecule has 20 heavy (non-hydrogen) atoms. The molecule has 7 heteroatoms. The molecule has 1 atom stereocenters. The van der Waals surface area contributed by atoms with Gasteiger partial charge in [-0.15, -0.1) is 0 Å². The van der Waals surface area contributed by atoms with Crippen LogP contribution in [0.25, 0.3) is 0 Å². The number of aromatic carboxylic acids is 1. The van der Waals surface area contributed by atoms with Crippen LogP contribution in [0.5, 0.6) is 0 Å². The molecule has 110 valence electrons. The summed E-state index contributed by atoms with van der Waals surface area (Å²) < 4.78 is 54.5. The first-order valence-corrected chi connectivity index (χ1v) is 6.25. The molecule has 2 rings (SSSR count). The topological polar surface area (TPSA) is 49.3 Å². The van der Waals surface area contributed by atoms with Gasteiger partial charge in [0.1, 0.15) is 5.56 Å². The maximum absolute atomic E-state index is 13.7. The number of rotatable bonds is 3. The minimum atomic E-state index is -2.04. The van der Waals surface area contributed by atoms with Crippen molar-refractivity contribution in [3.05, 3.63) is 34.4 Å². The molecule has 0 aliphatic carbocycles. The predicted molar refractivity (Wildman–Crippen MR) is 62.6 cm³/mol. The fraction of sp³-hybridized carbons (Fsp3) is 0.462. The highest BCUT2D eigenvalue weighted by Gasteiger charge is 2.30. The van der Waals surface area contributed by atoms with Crippen molar-refractivity contribution in [3.8, 4) is 0 Å². The zero-order chi connectivity index (χ0) is 14.9. The normalized spacial score (nSPS) is 19.1. The van der Waals surface area contributed by atoms with E-state index >= 15 is 0 Å². The summed E-state index contributed by atoms with van der Waals surface area (Å²) >= 11 is 0. The zero-order valence-electron chi connectivity index (χ0n) is 10.5. The van der Waals surface area contributed by atoms with Gasteiger partial charge in [0.15, 0.2) is 23.3 Å². The maximum Gasteiger partial charge on any atom is 0.341 e. The number of nitrogens with one attached hydrogen (secondary N) is 1. The van der Waals surface area contributed by atoms with E-state index in [1.807, 2.05) is 0 Å². The number of carboxylic acids is 1. The van der Waals surface area contributed by atoms with E-state index in [-0.39, 0.29) is 12.5 Å². The lowest BCUT2D eigenvalue weighted by Crippen LogP contribution is -2.36. The lowest BCUT2D eigenvalue weighted by atomic mass is 9.96. The van der Waals surface area contributed by atoms with Gasteiger partial charge in [-0.2, -0.15) is 0 Å². The maximum atomic E-state index is 13.7. The van der Waals surface area contributed by atoms with Crippen molar-refractivity contribution >= 4 is 5.97 Å². The number of benzene rings is 1. The summed E-state index contributed by atoms with van der Waals surface area (Å²) in [6.07, 6.45) is 2.22. The molecule has 1 aromatic rings. The Labute approximate surface area is 112 Å². The molecule has 0 saturated carbocycles. The van der Waals surface area contributed by atoms with Gasteiger partial charge in [-0.1, -0.05) is 6.42 Å². The first-order valence-electron chi connectivity index (χ1n) is 6.25. The second kappa shape index (κ2) is 5.78. The first kappa shape index (κ1) is 14.8. The number of carboxylic acid groups (broad SMARTS) is 1. The van der Waals surface area contributed by atoms with Crippen LogP contribution >= 0.6 is 0 Å². The van der Waals surface area contributed by atoms with Crippen LogP contribution in [0.2, 0.25) is 0 Å². The summed E-state index contributed by atoms with van der Waals surface area (Å²) in [5.74, 6) is -9.02. The molecule has 1 unspecified atom stereocenters. The van der Waals surface area contributed by atoms with Crippen LogP contribution in [-0.2, 0) is 6.42 Å². The molecule has 1 aromatic carbocycles. The molecule has 1 aliphatic rings. The number of carbonyl (C=O) groups is 1. The van der Waals surface area contributed by atoms with Crippen LogP contribution in [0.4, 0.5) is 17.6 Å². The summed E-state index contributed by atoms with van der Waals surface area (Å²) in [5, 5.41) is 11.6. The van der Waals surface area contributed by atoms with Crippen LogP contribution in [0.3, 0.4) is 0 Å². The van der Waals surface area contributed by atoms with Gasteiger partial charge in [-0.25, -0.2) is 22.4 Å². The second-order valence-corrected chi connectivity index (χ2v) is 4.77. The Morgan fingerprint density at radius 1 is 1.10 bits per heavy atom. The van der Waals surface area contributed by atoms with E-state index in [1.165, 1.54) is 0 Å². The molecule has 0 spiro atoms. The average Bonchev–Trinajstić information content (AvgIpc) is 2.42. The van der Waals surface area contributed by atoms with E-state index in [4.69, 9.17) is 5.11 Å². The zero-order valence-corrected chi connectivity index (χ0v) is 10.5. The van der Waals surface area contributed by atoms with Gasteiger partial charge >= 0.3 is 5.97 Å². The third kappa shape index (κ3) is 2.63. The van der Waals surface area contributed by atoms with Crippen LogP contribution in [-0.4, -0.2) is 23.7 Å². The molecule has 2 N–H and O–H groups in total. The van der Waals surface area contributed by atoms with Gasteiger partial charge < -0.3 is 10.4 Å². The molecule has 1 fully saturated rings. The number of halogens is 4. The van der Waals surface area contributed by atoms with Crippen molar-refractivity contribution in [2.45, 2.75) is 31.7 Å². The van der Waals surface area contributed by atoms with Crippen LogP contribution in [0.15, 0.2) is 0 Å². The largest absolute Gasteiger partial charge is 0.477 e. The van der Waals surface area contributed by atoms with E-state index in [1.54, 1.807) is 0 Å². The Balaban J connectivity index is 2.41. The van der Waals surface area contributed by atoms with Crippen molar-refractivity contribution in [1.82, 2.24) is 5.32 Å². The average molecular weight is 291 g/mol. The second-order valence-electron chi connectivity index (χ2n) is 4.77. The summed E-state index contributed by atoms with van der Waals surface area (Å²) in [6, 6.07) is -0.276. The molecule has 0 amide bonds. The Bertz CT molecular complexity index is 513. The fourth-order valence-corrected chi connectivity index (χ4v) is 2.39. The lowest BCUT2D eigenvalue weighted by molar-refractivity contribution is 0.0683. The van der Waals surface area contributed by atoms with Gasteiger partial charge in [-0.05, 0) is 25.8 Å². The Kier molecular flexibility index (Phi) is 4.27. The molecule has 0 aromatic heterocycles. The predicted octanol–water partition coefficient (Wildman–Crippen LogP) is 2.63. The van der Waals surface area contributed by atoms with Crippen LogP contribution < -0.4 is 5.32 Å². The van der Waals surface area contributed by atoms with E-state index in [2.05, 4.69) is 5.32 Å². The highest BCUT2D eigenvalue weighted by Crippen LogP contribution is 2.26. The smallest absolute Gasteiger partial charge is 0.341 e. The molecular weight excluding hydrogens is 278 g/mol. The highest BCUT2D eigenvalue weighted by atomic mass is 19.2. The fourth-order valence-electron chi connectivity index (χ4n) is 2.39. The van der Waals surface area contributed by atoms with Gasteiger partial charge in [0.05, 0.1) is 0 Å². The van der Waals surface area contributed by atoms with E-state index in [9.17, 15) is 22.4 Å². The summed E-state index contributed by atoms with van der Waals surface area (Å²) in [4.78, 5) is 10.6. The Hall–Kier alpha value is -1.63. The summed E-state index contributed by atoms with van der Waals surface area (Å²) in [7, 11) is 0.